The van der Waals surface area contributed by atoms with Crippen molar-refractivity contribution in [3.05, 3.63) is 57.1 Å². The number of nitro benzene ring substituents is 1. The van der Waals surface area contributed by atoms with Crippen LogP contribution < -0.4 is 0 Å². The highest BCUT2D eigenvalue weighted by atomic mass is 32.2. The molecule has 0 aliphatic carbocycles. The standard InChI is InChI=1S/C19H20FN3O8S/c1-3-30-19(25)16-4-5-17(31-16)32(28,29)22-8-6-21(7-9-22)18(24)13-10-14(20)12(2)15(11-13)23(26)27/h4-5,10-11H,3,6-9H2,1-2H3. The number of nitro groups is 1. The van der Waals surface area contributed by atoms with Crippen molar-refractivity contribution in [2.45, 2.75) is 18.9 Å². The Hall–Kier alpha value is -3.32. The summed E-state index contributed by atoms with van der Waals surface area (Å²) in [5.74, 6) is -2.56. The molecule has 1 aromatic heterocycles. The Morgan fingerprint density at radius 2 is 1.88 bits per heavy atom. The summed E-state index contributed by atoms with van der Waals surface area (Å²) in [6.07, 6.45) is 0. The minimum atomic E-state index is -4.06. The zero-order chi connectivity index (χ0) is 23.6. The molecule has 1 aliphatic rings. The number of piperazine rings is 1. The number of amides is 1. The maximum absolute atomic E-state index is 14.0. The fourth-order valence-corrected chi connectivity index (χ4v) is 4.52. The molecule has 13 heteroatoms. The highest BCUT2D eigenvalue weighted by molar-refractivity contribution is 7.89. The van der Waals surface area contributed by atoms with Gasteiger partial charge < -0.3 is 14.1 Å². The van der Waals surface area contributed by atoms with Gasteiger partial charge in [-0.1, -0.05) is 0 Å². The predicted molar refractivity (Wildman–Crippen MR) is 107 cm³/mol. The van der Waals surface area contributed by atoms with Gasteiger partial charge in [0.05, 0.1) is 17.1 Å². The normalized spacial score (nSPS) is 14.9. The van der Waals surface area contributed by atoms with E-state index in [-0.39, 0.29) is 49.7 Å². The molecule has 0 saturated carbocycles. The zero-order valence-electron chi connectivity index (χ0n) is 17.2. The van der Waals surface area contributed by atoms with Crippen LogP contribution >= 0.6 is 0 Å². The van der Waals surface area contributed by atoms with Gasteiger partial charge in [0.2, 0.25) is 10.9 Å². The number of ether oxygens (including phenoxy) is 1. The number of hydrogen-bond acceptors (Lipinski definition) is 8. The van der Waals surface area contributed by atoms with Crippen LogP contribution in [0.3, 0.4) is 0 Å². The molecule has 1 fully saturated rings. The van der Waals surface area contributed by atoms with E-state index in [2.05, 4.69) is 0 Å². The monoisotopic (exact) mass is 469 g/mol. The number of rotatable bonds is 6. The van der Waals surface area contributed by atoms with E-state index in [1.807, 2.05) is 0 Å². The first-order chi connectivity index (χ1) is 15.1. The number of halogens is 1. The Morgan fingerprint density at radius 3 is 2.47 bits per heavy atom. The lowest BCUT2D eigenvalue weighted by Gasteiger charge is -2.33. The van der Waals surface area contributed by atoms with Crippen LogP contribution in [0.15, 0.2) is 33.8 Å². The van der Waals surface area contributed by atoms with Gasteiger partial charge in [0.15, 0.2) is 0 Å². The van der Waals surface area contributed by atoms with Gasteiger partial charge in [0.25, 0.3) is 21.6 Å². The summed E-state index contributed by atoms with van der Waals surface area (Å²) in [6.45, 7) is 2.74. The van der Waals surface area contributed by atoms with Crippen molar-refractivity contribution in [2.75, 3.05) is 32.8 Å². The van der Waals surface area contributed by atoms with E-state index in [0.29, 0.717) is 0 Å². The number of hydrogen-bond donors (Lipinski definition) is 0. The van der Waals surface area contributed by atoms with Crippen LogP contribution in [0.4, 0.5) is 10.1 Å². The average Bonchev–Trinajstić information content (AvgIpc) is 3.26. The third kappa shape index (κ3) is 4.48. The first kappa shape index (κ1) is 23.3. The maximum Gasteiger partial charge on any atom is 0.374 e. The molecule has 1 amide bonds. The Labute approximate surface area is 182 Å². The van der Waals surface area contributed by atoms with Gasteiger partial charge in [-0.05, 0) is 32.0 Å². The second kappa shape index (κ2) is 9.04. The minimum Gasteiger partial charge on any atom is -0.460 e. The van der Waals surface area contributed by atoms with Crippen LogP contribution in [0.5, 0.6) is 0 Å². The molecule has 172 valence electrons. The lowest BCUT2D eigenvalue weighted by molar-refractivity contribution is -0.385. The molecule has 0 spiro atoms. The SMILES string of the molecule is CCOC(=O)c1ccc(S(=O)(=O)N2CCN(C(=O)c3cc(F)c(C)c([N+](=O)[O-])c3)CC2)o1. The summed E-state index contributed by atoms with van der Waals surface area (Å²) >= 11 is 0. The van der Waals surface area contributed by atoms with Gasteiger partial charge in [-0.3, -0.25) is 14.9 Å². The van der Waals surface area contributed by atoms with Crippen molar-refractivity contribution in [2.24, 2.45) is 0 Å². The smallest absolute Gasteiger partial charge is 0.374 e. The van der Waals surface area contributed by atoms with Gasteiger partial charge >= 0.3 is 5.97 Å². The molecule has 0 bridgehead atoms. The Balaban J connectivity index is 1.72. The molecular formula is C19H20FN3O8S. The summed E-state index contributed by atoms with van der Waals surface area (Å²) in [5, 5.41) is 10.7. The number of carbonyl (C=O) groups excluding carboxylic acids is 2. The van der Waals surface area contributed by atoms with E-state index < -0.39 is 43.4 Å². The van der Waals surface area contributed by atoms with E-state index in [1.54, 1.807) is 6.92 Å². The minimum absolute atomic E-state index is 0.0210. The molecule has 0 radical (unpaired) electrons. The van der Waals surface area contributed by atoms with Crippen LogP contribution in [-0.2, 0) is 14.8 Å². The molecule has 0 unspecified atom stereocenters. The van der Waals surface area contributed by atoms with E-state index in [0.717, 1.165) is 22.5 Å². The van der Waals surface area contributed by atoms with Crippen LogP contribution in [-0.4, -0.2) is 67.2 Å². The van der Waals surface area contributed by atoms with Crippen molar-refractivity contribution in [3.63, 3.8) is 0 Å². The van der Waals surface area contributed by atoms with Crippen LogP contribution in [0, 0.1) is 22.9 Å². The molecule has 32 heavy (non-hydrogen) atoms. The Bertz CT molecular complexity index is 1170. The quantitative estimate of drug-likeness (QED) is 0.355. The second-order valence-electron chi connectivity index (χ2n) is 6.89. The van der Waals surface area contributed by atoms with Gasteiger partial charge in [0, 0.05) is 37.8 Å². The zero-order valence-corrected chi connectivity index (χ0v) is 18.1. The third-order valence-electron chi connectivity index (χ3n) is 4.94. The van der Waals surface area contributed by atoms with Crippen molar-refractivity contribution < 1.29 is 36.5 Å². The largest absolute Gasteiger partial charge is 0.460 e. The Morgan fingerprint density at radius 1 is 1.22 bits per heavy atom. The fourth-order valence-electron chi connectivity index (χ4n) is 3.19. The van der Waals surface area contributed by atoms with Crippen LogP contribution in [0.1, 0.15) is 33.4 Å². The molecule has 3 rings (SSSR count). The summed E-state index contributed by atoms with van der Waals surface area (Å²) in [6, 6.07) is 4.27. The number of carbonyl (C=O) groups is 2. The highest BCUT2D eigenvalue weighted by Crippen LogP contribution is 2.25. The molecule has 0 atom stereocenters. The molecule has 1 aliphatic heterocycles. The Kier molecular flexibility index (Phi) is 6.60. The van der Waals surface area contributed by atoms with E-state index in [9.17, 15) is 32.5 Å². The molecule has 1 saturated heterocycles. The summed E-state index contributed by atoms with van der Waals surface area (Å²) in [7, 11) is -4.06. The van der Waals surface area contributed by atoms with Crippen molar-refractivity contribution >= 4 is 27.6 Å². The van der Waals surface area contributed by atoms with Gasteiger partial charge in [-0.2, -0.15) is 4.31 Å². The summed E-state index contributed by atoms with van der Waals surface area (Å²) in [4.78, 5) is 36.0. The third-order valence-corrected chi connectivity index (χ3v) is 6.71. The number of esters is 1. The number of sulfonamides is 1. The number of furan rings is 1. The average molecular weight is 469 g/mol. The van der Waals surface area contributed by atoms with Crippen molar-refractivity contribution in [1.29, 1.82) is 0 Å². The van der Waals surface area contributed by atoms with E-state index >= 15 is 0 Å². The lowest BCUT2D eigenvalue weighted by Crippen LogP contribution is -2.50. The molecule has 0 N–H and O–H groups in total. The lowest BCUT2D eigenvalue weighted by atomic mass is 10.1. The van der Waals surface area contributed by atoms with Gasteiger partial charge in [-0.25, -0.2) is 17.6 Å². The first-order valence-corrected chi connectivity index (χ1v) is 11.0. The number of benzene rings is 1. The van der Waals surface area contributed by atoms with Gasteiger partial charge in [-0.15, -0.1) is 0 Å². The highest BCUT2D eigenvalue weighted by Gasteiger charge is 2.33. The van der Waals surface area contributed by atoms with Crippen molar-refractivity contribution in [1.82, 2.24) is 9.21 Å². The summed E-state index contributed by atoms with van der Waals surface area (Å²) < 4.78 is 50.6. The van der Waals surface area contributed by atoms with Crippen molar-refractivity contribution in [3.8, 4) is 0 Å². The summed E-state index contributed by atoms with van der Waals surface area (Å²) in [5.41, 5.74) is -0.880. The maximum atomic E-state index is 14.0. The molecule has 2 aromatic rings. The van der Waals surface area contributed by atoms with Crippen LogP contribution in [0.2, 0.25) is 0 Å². The van der Waals surface area contributed by atoms with E-state index in [1.165, 1.54) is 17.9 Å². The molecular weight excluding hydrogens is 449 g/mol. The topological polar surface area (TPSA) is 140 Å². The number of nitrogens with zero attached hydrogens (tertiary/aromatic N) is 3. The van der Waals surface area contributed by atoms with Gasteiger partial charge in [0.1, 0.15) is 5.82 Å². The molecule has 11 nitrogen and oxygen atoms in total. The predicted octanol–water partition coefficient (Wildman–Crippen LogP) is 1.96. The molecule has 2 heterocycles. The van der Waals surface area contributed by atoms with E-state index in [4.69, 9.17) is 9.15 Å². The fraction of sp³-hybridized carbons (Fsp3) is 0.368. The molecule has 1 aromatic carbocycles. The first-order valence-electron chi connectivity index (χ1n) is 9.57. The van der Waals surface area contributed by atoms with Crippen LogP contribution in [0.25, 0.3) is 0 Å². The second-order valence-corrected chi connectivity index (χ2v) is 8.76.